The van der Waals surface area contributed by atoms with E-state index in [1.54, 1.807) is 41.3 Å². The van der Waals surface area contributed by atoms with Crippen molar-refractivity contribution in [2.24, 2.45) is 42.0 Å². The van der Waals surface area contributed by atoms with Crippen LogP contribution in [0.3, 0.4) is 0 Å². The van der Waals surface area contributed by atoms with Crippen molar-refractivity contribution in [2.75, 3.05) is 65.5 Å². The number of Topliss-reactive ketones (excluding diaryl/α,β-unsaturated/α-hetero) is 2. The normalized spacial score (nSPS) is 17.5. The van der Waals surface area contributed by atoms with Gasteiger partial charge in [-0.3, -0.25) is 38.8 Å². The molecule has 19 N–H and O–H groups in total. The Kier molecular flexibility index (Phi) is 27.5. The van der Waals surface area contributed by atoms with Crippen LogP contribution < -0.4 is 69.5 Å². The molecule has 102 heavy (non-hydrogen) atoms. The van der Waals surface area contributed by atoms with Crippen molar-refractivity contribution in [1.82, 2.24) is 48.5 Å². The molecule has 2 unspecified atom stereocenters. The van der Waals surface area contributed by atoms with Crippen LogP contribution in [0, 0.1) is 18.8 Å². The number of carbonyl (C=O) groups excluding carboxylic acids is 8. The Labute approximate surface area is 589 Å². The van der Waals surface area contributed by atoms with Crippen LogP contribution >= 0.6 is 46.6 Å². The van der Waals surface area contributed by atoms with E-state index in [9.17, 15) is 81.5 Å². The van der Waals surface area contributed by atoms with Crippen LogP contribution in [0.4, 0.5) is 50.2 Å². The first kappa shape index (κ1) is 82.5. The Morgan fingerprint density at radius 2 is 1.12 bits per heavy atom. The number of β-lactam (4-membered cyclic amide) rings is 2. The molecule has 0 aliphatic carbocycles. The molecule has 558 valence electrons. The first-order valence-corrected chi connectivity index (χ1v) is 33.8. The van der Waals surface area contributed by atoms with Crippen molar-refractivity contribution in [3.8, 4) is 0 Å². The summed E-state index contributed by atoms with van der Waals surface area (Å²) in [6.07, 6.45) is -2.79. The predicted octanol–water partition coefficient (Wildman–Crippen LogP) is -5.98. The van der Waals surface area contributed by atoms with Gasteiger partial charge in [-0.1, -0.05) is 10.3 Å². The fourth-order valence-electron chi connectivity index (χ4n) is 8.90. The van der Waals surface area contributed by atoms with Gasteiger partial charge in [0.05, 0.1) is 61.4 Å². The predicted molar refractivity (Wildman–Crippen MR) is 341 cm³/mol. The summed E-state index contributed by atoms with van der Waals surface area (Å²) in [5, 5.41) is 66.6. The van der Waals surface area contributed by atoms with E-state index in [2.05, 4.69) is 56.0 Å². The number of nitrogen functional groups attached to an aromatic ring is 3. The summed E-state index contributed by atoms with van der Waals surface area (Å²) in [6.45, 7) is 8.25. The number of anilines is 5. The summed E-state index contributed by atoms with van der Waals surface area (Å²) in [4.78, 5) is 154. The van der Waals surface area contributed by atoms with Gasteiger partial charge >= 0.3 is 36.1 Å². The van der Waals surface area contributed by atoms with Crippen molar-refractivity contribution >= 4 is 161 Å². The third-order valence-corrected chi connectivity index (χ3v) is 18.1. The molecule has 8 rings (SSSR count). The second-order valence-corrected chi connectivity index (χ2v) is 26.9. The number of nitrogens with one attached hydrogen (secondary N) is 4. The van der Waals surface area contributed by atoms with Crippen molar-refractivity contribution in [2.45, 2.75) is 88.7 Å². The highest BCUT2D eigenvalue weighted by atomic mass is 32.3. The molecule has 4 aromatic heterocycles. The molecule has 4 aliphatic heterocycles. The number of fused-ring (bicyclic) bond motifs is 2. The Balaban J connectivity index is 0.000000316. The molecule has 0 bridgehead atoms. The van der Waals surface area contributed by atoms with Gasteiger partial charge < -0.3 is 94.0 Å². The number of hydrogen-bond acceptors (Lipinski definition) is 32. The zero-order valence-electron chi connectivity index (χ0n) is 54.2. The first-order valence-electron chi connectivity index (χ1n) is 28.8. The summed E-state index contributed by atoms with van der Waals surface area (Å²) < 4.78 is 78.9. The summed E-state index contributed by atoms with van der Waals surface area (Å²) in [5.74, 6) is -12.8. The SMILES string of the molecule is Cc1c(NC(=O)NCCN)c[n+](CC2=C(C(=O)O)N3C(=O)[C@@H](CC(=O)/C(=N\OC(C)(C)C(=O)O)c4nsc(N)n4)C3SC2)n1C.Cn1c(N)c(NC(=O)NCC[NH3+])c[n+]1CC1=C(C(=O)[O-])N2C(=O)[C@@H](CC(=O)/C(=N\OC(C)(C)C(=O)O)c3nsc(N)n3)C2SC1.O=C([O-])C(F)(F)F.O=S(=O)([O-])O. The summed E-state index contributed by atoms with van der Waals surface area (Å²) in [6, 6.07) is -0.922. The van der Waals surface area contributed by atoms with Gasteiger partial charge in [0.1, 0.15) is 23.0 Å². The van der Waals surface area contributed by atoms with E-state index >= 15 is 0 Å². The number of nitrogens with zero attached hydrogens (tertiary/aromatic N) is 12. The van der Waals surface area contributed by atoms with E-state index in [0.717, 1.165) is 28.0 Å². The molecule has 6 amide bonds. The molecule has 51 heteroatoms. The average Bonchev–Trinajstić information content (AvgIpc) is 0.802. The lowest BCUT2D eigenvalue weighted by molar-refractivity contribution is -0.766. The molecule has 4 aliphatic rings. The van der Waals surface area contributed by atoms with Crippen LogP contribution in [0.1, 0.15) is 57.9 Å². The lowest BCUT2D eigenvalue weighted by Gasteiger charge is -2.50. The number of aromatic nitrogens is 8. The summed E-state index contributed by atoms with van der Waals surface area (Å²) in [7, 11) is -1.55. The molecule has 0 aromatic carbocycles. The van der Waals surface area contributed by atoms with Gasteiger partial charge in [-0.25, -0.2) is 32.4 Å². The van der Waals surface area contributed by atoms with Crippen molar-refractivity contribution in [3.63, 3.8) is 0 Å². The van der Waals surface area contributed by atoms with E-state index in [4.69, 9.17) is 60.0 Å². The van der Waals surface area contributed by atoms with Gasteiger partial charge in [-0.05, 0) is 34.6 Å². The maximum absolute atomic E-state index is 13.4. The highest BCUT2D eigenvalue weighted by molar-refractivity contribution is 8.00. The Morgan fingerprint density at radius 1 is 0.725 bits per heavy atom. The first-order chi connectivity index (χ1) is 47.3. The minimum Gasteiger partial charge on any atom is -0.726 e. The minimum absolute atomic E-state index is 0.00368. The van der Waals surface area contributed by atoms with Gasteiger partial charge in [-0.15, -0.1) is 37.6 Å². The molecule has 0 spiro atoms. The highest BCUT2D eigenvalue weighted by Gasteiger charge is 2.56. The number of halogens is 3. The Morgan fingerprint density at radius 3 is 1.49 bits per heavy atom. The van der Waals surface area contributed by atoms with Gasteiger partial charge in [0.25, 0.3) is 0 Å². The minimum atomic E-state index is -5.19. The van der Waals surface area contributed by atoms with E-state index in [-0.39, 0.29) is 76.7 Å². The molecule has 2 saturated heterocycles. The number of nitrogens with two attached hydrogens (primary N) is 4. The zero-order valence-corrected chi connectivity index (χ0v) is 58.3. The van der Waals surface area contributed by atoms with Gasteiger partial charge in [-0.2, -0.15) is 36.6 Å². The van der Waals surface area contributed by atoms with Gasteiger partial charge in [0.2, 0.25) is 57.5 Å². The van der Waals surface area contributed by atoms with E-state index in [1.165, 1.54) is 67.0 Å². The van der Waals surface area contributed by atoms with Crippen LogP contribution in [0.2, 0.25) is 0 Å². The Hall–Kier alpha value is -10.2. The van der Waals surface area contributed by atoms with Crippen LogP contribution in [0.15, 0.2) is 45.2 Å². The van der Waals surface area contributed by atoms with E-state index in [1.807, 2.05) is 0 Å². The number of aliphatic carboxylic acids is 5. The number of alkyl halides is 3. The number of rotatable bonds is 26. The fraction of sp³-hybridized carbons (Fsp3) is 0.471. The number of carbonyl (C=O) groups is 11. The highest BCUT2D eigenvalue weighted by Crippen LogP contribution is 2.47. The van der Waals surface area contributed by atoms with Gasteiger partial charge in [0.15, 0.2) is 57.8 Å². The number of hydrogen-bond donors (Lipinski definition) is 13. The van der Waals surface area contributed by atoms with Crippen LogP contribution in [-0.4, -0.2) is 213 Å². The number of carboxylic acids is 5. The maximum atomic E-state index is 13.4. The number of ketones is 2. The smallest absolute Gasteiger partial charge is 0.430 e. The monoisotopic (exact) mass is 1540 g/mol. The molecule has 0 radical (unpaired) electrons. The number of oxime groups is 2. The van der Waals surface area contributed by atoms with Crippen molar-refractivity contribution < 1.29 is 134 Å². The number of quaternary nitrogens is 1. The van der Waals surface area contributed by atoms with Crippen molar-refractivity contribution in [3.05, 3.63) is 52.3 Å². The third kappa shape index (κ3) is 21.0. The number of carboxylic acid groups (broad SMARTS) is 5. The van der Waals surface area contributed by atoms with Crippen LogP contribution in [-0.2, 0) is 90.4 Å². The second-order valence-electron chi connectivity index (χ2n) is 22.3. The quantitative estimate of drug-likeness (QED) is 0.00695. The molecule has 43 nitrogen and oxygen atoms in total. The lowest BCUT2D eigenvalue weighted by atomic mass is 9.89. The average molecular weight is 1540 g/mol. The molecule has 4 aromatic rings. The van der Waals surface area contributed by atoms with E-state index in [0.29, 0.717) is 47.8 Å². The number of amides is 6. The summed E-state index contributed by atoms with van der Waals surface area (Å²) in [5.41, 5.74) is 23.9. The molecule has 4 atom stereocenters. The molecule has 0 saturated carbocycles. The standard InChI is InChI=1S/C25H32N10O8S2.C24H31N11O8S2.C2HF3O2.H2O4S/c1-11-14(29-24(42)28-6-5-26)9-34(33(11)4)8-12-10-44-20-13(19(37)35(20)17(12)21(38)39)7-15(36)16(18-30-23(27)45-32-18)31-43-25(2,3)22(40)41;1-24(2,21(40)41)43-31-14(17-30-22(27)45-32-17)13(36)6-11-18(37)35-15(20(38)39)10(9-44-19(11)35)7-34-8-12(16(26)33(34)3)29-23(42)28-5-4-25;3-2(4,5)1(6)7;1-5(2,3)4/h9,13,20H,5-8,10,26H2,1-4H3,(H5-,27,28,29,30,32,38,39,40,41,42);8,11,19,26H,4-7,9,25H2,1-3H3,(H6,27,28,29,30,32,38,39,40,41,42);(H,6,7);(H2,1,2,3,4)/b31-16+;31-14+;;/t13-,20?;11-,19?;;/m11../s1. The van der Waals surface area contributed by atoms with Crippen LogP contribution in [0.5, 0.6) is 0 Å². The van der Waals surface area contributed by atoms with E-state index < -0.39 is 133 Å². The number of urea groups is 2. The maximum Gasteiger partial charge on any atom is 0.430 e. The number of thioether (sulfide) groups is 2. The molecule has 8 heterocycles. The van der Waals surface area contributed by atoms with Gasteiger partial charge in [0, 0.05) is 71.6 Å². The summed E-state index contributed by atoms with van der Waals surface area (Å²) >= 11 is 4.12. The molecule has 2 fully saturated rings. The largest absolute Gasteiger partial charge is 0.726 e. The molecular weight excluding hydrogens is 1480 g/mol. The fourth-order valence-corrected chi connectivity index (χ4v) is 12.6. The zero-order chi connectivity index (χ0) is 77.0. The Bertz CT molecular complexity index is 3960. The van der Waals surface area contributed by atoms with Crippen molar-refractivity contribution in [1.29, 1.82) is 0 Å². The second kappa shape index (κ2) is 34.0. The molecular formula is C51H66F3N21O22S5. The van der Waals surface area contributed by atoms with Crippen LogP contribution in [0.25, 0.3) is 0 Å². The lowest BCUT2D eigenvalue weighted by Crippen LogP contribution is -2.63. The third-order valence-electron chi connectivity index (χ3n) is 14.3. The topological polar surface area (TPSA) is 671 Å².